The Bertz CT molecular complexity index is 1260. The average molecular weight is 486 g/mol. The van der Waals surface area contributed by atoms with E-state index in [1.54, 1.807) is 13.0 Å². The van der Waals surface area contributed by atoms with Gasteiger partial charge in [-0.3, -0.25) is 0 Å². The number of sulfonamides is 1. The van der Waals surface area contributed by atoms with Gasteiger partial charge in [-0.2, -0.15) is 9.29 Å². The molecule has 0 amide bonds. The molecule has 0 spiro atoms. The molecule has 0 unspecified atom stereocenters. The molecule has 0 radical (unpaired) electrons. The molecule has 0 atom stereocenters. The Morgan fingerprint density at radius 3 is 2.50 bits per heavy atom. The summed E-state index contributed by atoms with van der Waals surface area (Å²) in [5, 5.41) is 3.95. The molecule has 0 aliphatic carbocycles. The molecule has 1 saturated heterocycles. The van der Waals surface area contributed by atoms with Gasteiger partial charge in [0.15, 0.2) is 6.61 Å². The summed E-state index contributed by atoms with van der Waals surface area (Å²) in [4.78, 5) is 17.0. The van der Waals surface area contributed by atoms with Crippen molar-refractivity contribution in [2.24, 2.45) is 0 Å². The first-order chi connectivity index (χ1) is 16.3. The van der Waals surface area contributed by atoms with E-state index in [0.29, 0.717) is 30.5 Å². The van der Waals surface area contributed by atoms with Crippen LogP contribution in [0, 0.1) is 6.92 Å². The number of carbonyl (C=O) groups excluding carboxylic acids is 1. The van der Waals surface area contributed by atoms with E-state index in [0.717, 1.165) is 5.56 Å². The maximum absolute atomic E-state index is 13.0. The first-order valence-corrected chi connectivity index (χ1v) is 12.5. The van der Waals surface area contributed by atoms with Crippen molar-refractivity contribution in [2.75, 3.05) is 26.3 Å². The van der Waals surface area contributed by atoms with Crippen molar-refractivity contribution in [2.45, 2.75) is 38.2 Å². The maximum atomic E-state index is 13.0. The number of morpholine rings is 1. The van der Waals surface area contributed by atoms with Crippen LogP contribution in [0.2, 0.25) is 0 Å². The highest BCUT2D eigenvalue weighted by Crippen LogP contribution is 2.24. The molecule has 180 valence electrons. The fourth-order valence-electron chi connectivity index (χ4n) is 3.59. The zero-order valence-corrected chi connectivity index (χ0v) is 20.2. The van der Waals surface area contributed by atoms with E-state index in [4.69, 9.17) is 14.0 Å². The molecule has 10 heteroatoms. The van der Waals surface area contributed by atoms with E-state index in [9.17, 15) is 13.2 Å². The first-order valence-electron chi connectivity index (χ1n) is 11.0. The third-order valence-corrected chi connectivity index (χ3v) is 7.68. The number of aryl methyl sites for hydroxylation is 1. The molecular weight excluding hydrogens is 458 g/mol. The van der Waals surface area contributed by atoms with Gasteiger partial charge in [-0.05, 0) is 36.1 Å². The third kappa shape index (κ3) is 5.19. The lowest BCUT2D eigenvalue weighted by molar-refractivity contribution is 0.0429. The monoisotopic (exact) mass is 485 g/mol. The van der Waals surface area contributed by atoms with Crippen LogP contribution in [0.5, 0.6) is 0 Å². The lowest BCUT2D eigenvalue weighted by Crippen LogP contribution is -2.40. The Hall–Kier alpha value is -3.08. The molecule has 1 aliphatic rings. The molecule has 2 aromatic carbocycles. The van der Waals surface area contributed by atoms with Crippen LogP contribution in [-0.4, -0.2) is 55.1 Å². The molecule has 34 heavy (non-hydrogen) atoms. The molecule has 9 nitrogen and oxygen atoms in total. The van der Waals surface area contributed by atoms with E-state index in [1.165, 1.54) is 22.0 Å². The third-order valence-electron chi connectivity index (χ3n) is 5.64. The zero-order chi connectivity index (χ0) is 24.3. The highest BCUT2D eigenvalue weighted by atomic mass is 32.2. The summed E-state index contributed by atoms with van der Waals surface area (Å²) in [5.74, 6) is 0.278. The second kappa shape index (κ2) is 10.0. The smallest absolute Gasteiger partial charge is 0.338 e. The van der Waals surface area contributed by atoms with E-state index in [-0.39, 0.29) is 36.0 Å². The molecule has 0 N–H and O–H groups in total. The van der Waals surface area contributed by atoms with Gasteiger partial charge in [0.1, 0.15) is 0 Å². The van der Waals surface area contributed by atoms with E-state index in [1.807, 2.05) is 24.3 Å². The normalized spacial score (nSPS) is 14.9. The molecule has 1 aromatic heterocycles. The van der Waals surface area contributed by atoms with Crippen molar-refractivity contribution in [1.29, 1.82) is 0 Å². The van der Waals surface area contributed by atoms with Crippen molar-refractivity contribution >= 4 is 16.0 Å². The van der Waals surface area contributed by atoms with Crippen LogP contribution in [0.25, 0.3) is 11.4 Å². The summed E-state index contributed by atoms with van der Waals surface area (Å²) in [6.07, 6.45) is 0. The van der Waals surface area contributed by atoms with Gasteiger partial charge in [0.2, 0.25) is 15.8 Å². The maximum Gasteiger partial charge on any atom is 0.338 e. The van der Waals surface area contributed by atoms with Gasteiger partial charge in [-0.25, -0.2) is 13.2 Å². The van der Waals surface area contributed by atoms with Gasteiger partial charge in [-0.1, -0.05) is 49.3 Å². The number of ether oxygens (including phenoxy) is 2. The van der Waals surface area contributed by atoms with Gasteiger partial charge in [0.25, 0.3) is 5.89 Å². The molecule has 2 heterocycles. The number of carbonyl (C=O) groups is 1. The number of benzene rings is 2. The summed E-state index contributed by atoms with van der Waals surface area (Å²) in [6, 6.07) is 12.3. The van der Waals surface area contributed by atoms with Crippen molar-refractivity contribution in [3.8, 4) is 11.4 Å². The second-order valence-electron chi connectivity index (χ2n) is 8.36. The Balaban J connectivity index is 1.44. The van der Waals surface area contributed by atoms with Crippen molar-refractivity contribution in [3.63, 3.8) is 0 Å². The molecular formula is C24H27N3O6S. The van der Waals surface area contributed by atoms with Crippen molar-refractivity contribution < 1.29 is 27.2 Å². The van der Waals surface area contributed by atoms with E-state index in [2.05, 4.69) is 24.0 Å². The number of rotatable bonds is 7. The molecule has 1 fully saturated rings. The Morgan fingerprint density at radius 2 is 1.82 bits per heavy atom. The summed E-state index contributed by atoms with van der Waals surface area (Å²) in [5.41, 5.74) is 2.67. The molecule has 1 aliphatic heterocycles. The molecule has 0 saturated carbocycles. The molecule has 0 bridgehead atoms. The summed E-state index contributed by atoms with van der Waals surface area (Å²) in [6.45, 7) is 6.93. The lowest BCUT2D eigenvalue weighted by Gasteiger charge is -2.26. The molecule has 4 rings (SSSR count). The Labute approximate surface area is 198 Å². The van der Waals surface area contributed by atoms with Gasteiger partial charge in [-0.15, -0.1) is 0 Å². The van der Waals surface area contributed by atoms with Crippen LogP contribution in [0.4, 0.5) is 0 Å². The Kier molecular flexibility index (Phi) is 7.11. The van der Waals surface area contributed by atoms with Crippen molar-refractivity contribution in [3.05, 3.63) is 65.0 Å². The predicted molar refractivity (Wildman–Crippen MR) is 124 cm³/mol. The van der Waals surface area contributed by atoms with Crippen LogP contribution in [0.1, 0.15) is 47.1 Å². The fourth-order valence-corrected chi connectivity index (χ4v) is 5.25. The van der Waals surface area contributed by atoms with Gasteiger partial charge < -0.3 is 14.0 Å². The number of hydrogen-bond acceptors (Lipinski definition) is 8. The quantitative estimate of drug-likeness (QED) is 0.467. The van der Waals surface area contributed by atoms with Crippen LogP contribution >= 0.6 is 0 Å². The van der Waals surface area contributed by atoms with Crippen LogP contribution in [0.15, 0.2) is 51.9 Å². The SMILES string of the molecule is Cc1ccc(C(=O)OCc2nc(-c3ccc(C(C)C)cc3)no2)cc1S(=O)(=O)N1CCOCC1. The standard InChI is InChI=1S/C24H27N3O6S/c1-16(2)18-6-8-19(9-7-18)23-25-22(33-26-23)15-32-24(28)20-5-4-17(3)21(14-20)34(29,30)27-10-12-31-13-11-27/h4-9,14,16H,10-13,15H2,1-3H3. The Morgan fingerprint density at radius 1 is 1.12 bits per heavy atom. The summed E-state index contributed by atoms with van der Waals surface area (Å²) in [7, 11) is -3.75. The first kappa shape index (κ1) is 24.1. The number of aromatic nitrogens is 2. The summed E-state index contributed by atoms with van der Waals surface area (Å²) >= 11 is 0. The highest BCUT2D eigenvalue weighted by molar-refractivity contribution is 7.89. The van der Waals surface area contributed by atoms with Crippen LogP contribution in [-0.2, 0) is 26.1 Å². The molecule has 3 aromatic rings. The van der Waals surface area contributed by atoms with Crippen molar-refractivity contribution in [1.82, 2.24) is 14.4 Å². The largest absolute Gasteiger partial charge is 0.452 e. The predicted octanol–water partition coefficient (Wildman–Crippen LogP) is 3.55. The van der Waals surface area contributed by atoms with Gasteiger partial charge in [0.05, 0.1) is 23.7 Å². The topological polar surface area (TPSA) is 112 Å². The van der Waals surface area contributed by atoms with Gasteiger partial charge >= 0.3 is 5.97 Å². The average Bonchev–Trinajstić information content (AvgIpc) is 3.32. The van der Waals surface area contributed by atoms with Crippen LogP contribution < -0.4 is 0 Å². The van der Waals surface area contributed by atoms with Crippen LogP contribution in [0.3, 0.4) is 0 Å². The minimum Gasteiger partial charge on any atom is -0.452 e. The van der Waals surface area contributed by atoms with E-state index < -0.39 is 16.0 Å². The lowest BCUT2D eigenvalue weighted by atomic mass is 10.0. The minimum atomic E-state index is -3.75. The highest BCUT2D eigenvalue weighted by Gasteiger charge is 2.28. The number of hydrogen-bond donors (Lipinski definition) is 0. The number of nitrogens with zero attached hydrogens (tertiary/aromatic N) is 3. The minimum absolute atomic E-state index is 0.0776. The zero-order valence-electron chi connectivity index (χ0n) is 19.4. The fraction of sp³-hybridized carbons (Fsp3) is 0.375. The van der Waals surface area contributed by atoms with E-state index >= 15 is 0 Å². The van der Waals surface area contributed by atoms with Gasteiger partial charge in [0, 0.05) is 18.7 Å². The second-order valence-corrected chi connectivity index (χ2v) is 10.3. The summed E-state index contributed by atoms with van der Waals surface area (Å²) < 4.78 is 43.2. The number of esters is 1.